The van der Waals surface area contributed by atoms with Gasteiger partial charge in [-0.05, 0) is 25.3 Å². The zero-order valence-corrected chi connectivity index (χ0v) is 18.6. The third-order valence-electron chi connectivity index (χ3n) is 4.74. The molecule has 0 saturated carbocycles. The van der Waals surface area contributed by atoms with Crippen molar-refractivity contribution in [3.8, 4) is 0 Å². The van der Waals surface area contributed by atoms with Gasteiger partial charge in [-0.15, -0.1) is 11.3 Å². The molecule has 1 amide bonds. The molecule has 1 atom stereocenters. The van der Waals surface area contributed by atoms with Gasteiger partial charge in [0.25, 0.3) is 0 Å². The molecule has 3 N–H and O–H groups in total. The Bertz CT molecular complexity index is 839. The monoisotopic (exact) mass is 423 g/mol. The highest BCUT2D eigenvalue weighted by atomic mass is 32.2. The number of thioether (sulfide) groups is 1. The number of fused-ring (bicyclic) bond motifs is 1. The summed E-state index contributed by atoms with van der Waals surface area (Å²) in [5.41, 5.74) is 7.23. The molecule has 1 aliphatic rings. The van der Waals surface area contributed by atoms with Crippen LogP contribution in [0.1, 0.15) is 24.3 Å². The van der Waals surface area contributed by atoms with Crippen LogP contribution in [0.2, 0.25) is 0 Å². The van der Waals surface area contributed by atoms with Gasteiger partial charge in [0.05, 0.1) is 23.8 Å². The van der Waals surface area contributed by atoms with E-state index in [2.05, 4.69) is 41.0 Å². The van der Waals surface area contributed by atoms with Gasteiger partial charge in [0, 0.05) is 31.1 Å². The fraction of sp³-hybridized carbons (Fsp3) is 0.632. The van der Waals surface area contributed by atoms with Crippen molar-refractivity contribution >= 4 is 45.0 Å². The molecule has 28 heavy (non-hydrogen) atoms. The van der Waals surface area contributed by atoms with Gasteiger partial charge in [0.2, 0.25) is 5.91 Å². The normalized spacial score (nSPS) is 18.1. The van der Waals surface area contributed by atoms with E-state index in [1.165, 1.54) is 16.6 Å². The van der Waals surface area contributed by atoms with Gasteiger partial charge < -0.3 is 15.8 Å². The van der Waals surface area contributed by atoms with Crippen molar-refractivity contribution in [2.45, 2.75) is 39.0 Å². The molecular formula is C19H29N5O2S2. The first-order chi connectivity index (χ1) is 13.3. The van der Waals surface area contributed by atoms with Gasteiger partial charge in [-0.25, -0.2) is 9.97 Å². The number of nitrogens with zero attached hydrogens (tertiary/aromatic N) is 3. The van der Waals surface area contributed by atoms with Crippen LogP contribution in [-0.2, 0) is 9.53 Å². The van der Waals surface area contributed by atoms with E-state index in [0.717, 1.165) is 42.0 Å². The first-order valence-corrected chi connectivity index (χ1v) is 11.4. The zero-order valence-electron chi connectivity index (χ0n) is 16.9. The number of morpholine rings is 1. The van der Waals surface area contributed by atoms with Crippen molar-refractivity contribution in [2.24, 2.45) is 5.92 Å². The Morgan fingerprint density at radius 3 is 2.96 bits per heavy atom. The molecule has 0 spiro atoms. The fourth-order valence-electron chi connectivity index (χ4n) is 3.32. The van der Waals surface area contributed by atoms with Crippen LogP contribution >= 0.6 is 23.1 Å². The third kappa shape index (κ3) is 5.34. The van der Waals surface area contributed by atoms with Crippen LogP contribution in [0.4, 0.5) is 5.82 Å². The maximum atomic E-state index is 12.2. The van der Waals surface area contributed by atoms with E-state index in [-0.39, 0.29) is 17.8 Å². The number of carbonyl (C=O) groups is 1. The molecule has 0 bridgehead atoms. The molecular weight excluding hydrogens is 394 g/mol. The predicted octanol–water partition coefficient (Wildman–Crippen LogP) is 2.46. The van der Waals surface area contributed by atoms with Crippen LogP contribution < -0.4 is 11.1 Å². The smallest absolute Gasteiger partial charge is 0.230 e. The number of nitrogen functional groups attached to an aromatic ring is 1. The van der Waals surface area contributed by atoms with Crippen LogP contribution in [0.3, 0.4) is 0 Å². The molecule has 0 aromatic carbocycles. The molecule has 0 aliphatic carbocycles. The Morgan fingerprint density at radius 1 is 1.43 bits per heavy atom. The number of ether oxygens (including phenoxy) is 1. The molecule has 9 heteroatoms. The lowest BCUT2D eigenvalue weighted by Gasteiger charge is -2.33. The molecule has 3 rings (SSSR count). The number of nitrogens with two attached hydrogens (primary N) is 1. The van der Waals surface area contributed by atoms with Crippen molar-refractivity contribution in [2.75, 3.05) is 44.3 Å². The van der Waals surface area contributed by atoms with E-state index in [4.69, 9.17) is 10.5 Å². The van der Waals surface area contributed by atoms with Crippen LogP contribution in [-0.4, -0.2) is 65.4 Å². The largest absolute Gasteiger partial charge is 0.383 e. The molecule has 3 heterocycles. The topological polar surface area (TPSA) is 93.4 Å². The molecule has 1 unspecified atom stereocenters. The summed E-state index contributed by atoms with van der Waals surface area (Å²) in [5, 5.41) is 4.43. The van der Waals surface area contributed by atoms with Crippen LogP contribution in [0.5, 0.6) is 0 Å². The van der Waals surface area contributed by atoms with E-state index in [9.17, 15) is 4.79 Å². The number of carbonyl (C=O) groups excluding carboxylic acids is 1. The molecule has 1 fully saturated rings. The van der Waals surface area contributed by atoms with Gasteiger partial charge in [-0.1, -0.05) is 25.6 Å². The zero-order chi connectivity index (χ0) is 20.3. The highest BCUT2D eigenvalue weighted by Crippen LogP contribution is 2.33. The number of rotatable bonds is 7. The summed E-state index contributed by atoms with van der Waals surface area (Å²) in [7, 11) is 0. The number of anilines is 1. The van der Waals surface area contributed by atoms with Gasteiger partial charge in [-0.2, -0.15) is 0 Å². The molecule has 7 nitrogen and oxygen atoms in total. The number of hydrogen-bond acceptors (Lipinski definition) is 8. The summed E-state index contributed by atoms with van der Waals surface area (Å²) >= 11 is 2.92. The van der Waals surface area contributed by atoms with E-state index in [0.29, 0.717) is 23.4 Å². The second-order valence-electron chi connectivity index (χ2n) is 7.59. The SMILES string of the molecule is Cc1sc2nc(SCC(=O)NCC3CN(CC(C)C)CCO3)nc(N)c2c1C. The minimum atomic E-state index is -0.0459. The molecule has 2 aromatic heterocycles. The quantitative estimate of drug-likeness (QED) is 0.522. The number of thiophene rings is 1. The molecule has 1 aliphatic heterocycles. The minimum absolute atomic E-state index is 0.0433. The standard InChI is InChI=1S/C19H29N5O2S2/c1-11(2)8-24-5-6-26-14(9-24)7-21-15(25)10-27-19-22-17(20)16-12(3)13(4)28-18(16)23-19/h11,14H,5-10H2,1-4H3,(H,21,25)(H2,20,22,23). The van der Waals surface area contributed by atoms with Crippen molar-refractivity contribution in [3.63, 3.8) is 0 Å². The lowest BCUT2D eigenvalue weighted by Crippen LogP contribution is -2.48. The fourth-order valence-corrected chi connectivity index (χ4v) is 5.10. The van der Waals surface area contributed by atoms with Crippen molar-refractivity contribution in [3.05, 3.63) is 10.4 Å². The van der Waals surface area contributed by atoms with Gasteiger partial charge >= 0.3 is 0 Å². The lowest BCUT2D eigenvalue weighted by atomic mass is 10.2. The van der Waals surface area contributed by atoms with E-state index < -0.39 is 0 Å². The third-order valence-corrected chi connectivity index (χ3v) is 6.69. The Morgan fingerprint density at radius 2 is 2.21 bits per heavy atom. The number of nitrogens with one attached hydrogen (secondary N) is 1. The number of aryl methyl sites for hydroxylation is 2. The van der Waals surface area contributed by atoms with Crippen LogP contribution in [0.15, 0.2) is 5.16 Å². The number of hydrogen-bond donors (Lipinski definition) is 2. The summed E-state index contributed by atoms with van der Waals surface area (Å²) in [6, 6.07) is 0. The van der Waals surface area contributed by atoms with E-state index >= 15 is 0 Å². The first kappa shape index (κ1) is 21.3. The Hall–Kier alpha value is -1.42. The molecule has 1 saturated heterocycles. The first-order valence-electron chi connectivity index (χ1n) is 9.60. The van der Waals surface area contributed by atoms with Crippen molar-refractivity contribution in [1.82, 2.24) is 20.2 Å². The average molecular weight is 424 g/mol. The number of aromatic nitrogens is 2. The minimum Gasteiger partial charge on any atom is -0.383 e. The summed E-state index contributed by atoms with van der Waals surface area (Å²) in [4.78, 5) is 25.6. The summed E-state index contributed by atoms with van der Waals surface area (Å²) in [6.07, 6.45) is 0.0433. The Balaban J connectivity index is 1.49. The molecule has 154 valence electrons. The average Bonchev–Trinajstić information content (AvgIpc) is 2.92. The van der Waals surface area contributed by atoms with E-state index in [1.807, 2.05) is 6.92 Å². The predicted molar refractivity (Wildman–Crippen MR) is 116 cm³/mol. The lowest BCUT2D eigenvalue weighted by molar-refractivity contribution is -0.119. The van der Waals surface area contributed by atoms with E-state index in [1.54, 1.807) is 11.3 Å². The highest BCUT2D eigenvalue weighted by Gasteiger charge is 2.21. The van der Waals surface area contributed by atoms with Crippen molar-refractivity contribution in [1.29, 1.82) is 0 Å². The summed E-state index contributed by atoms with van der Waals surface area (Å²) in [5.74, 6) is 1.33. The maximum Gasteiger partial charge on any atom is 0.230 e. The van der Waals surface area contributed by atoms with Crippen LogP contribution in [0.25, 0.3) is 10.2 Å². The van der Waals surface area contributed by atoms with Crippen molar-refractivity contribution < 1.29 is 9.53 Å². The molecule has 2 aromatic rings. The second kappa shape index (κ2) is 9.39. The molecule has 0 radical (unpaired) electrons. The van der Waals surface area contributed by atoms with Gasteiger partial charge in [0.15, 0.2) is 5.16 Å². The van der Waals surface area contributed by atoms with Gasteiger partial charge in [0.1, 0.15) is 10.6 Å². The summed E-state index contributed by atoms with van der Waals surface area (Å²) in [6.45, 7) is 12.6. The van der Waals surface area contributed by atoms with Gasteiger partial charge in [-0.3, -0.25) is 9.69 Å². The maximum absolute atomic E-state index is 12.2. The van der Waals surface area contributed by atoms with Crippen LogP contribution in [0, 0.1) is 19.8 Å². The second-order valence-corrected chi connectivity index (χ2v) is 9.74. The Labute approximate surface area is 174 Å². The highest BCUT2D eigenvalue weighted by molar-refractivity contribution is 7.99. The number of amides is 1. The summed E-state index contributed by atoms with van der Waals surface area (Å²) < 4.78 is 5.78. The Kier molecular flexibility index (Phi) is 7.14.